The molecule has 0 radical (unpaired) electrons. The van der Waals surface area contributed by atoms with Crippen molar-refractivity contribution in [2.75, 3.05) is 13.1 Å². The fourth-order valence-corrected chi connectivity index (χ4v) is 1.89. The lowest BCUT2D eigenvalue weighted by atomic mass is 10.3. The van der Waals surface area contributed by atoms with Crippen molar-refractivity contribution in [1.82, 2.24) is 5.32 Å². The number of hydrogen-bond donors (Lipinski definition) is 1. The summed E-state index contributed by atoms with van der Waals surface area (Å²) in [7, 11) is 0. The summed E-state index contributed by atoms with van der Waals surface area (Å²) in [4.78, 5) is 0. The molecule has 2 nitrogen and oxygen atoms in total. The number of benzene rings is 1. The minimum atomic E-state index is 0.0204. The van der Waals surface area contributed by atoms with Gasteiger partial charge in [-0.3, -0.25) is 0 Å². The van der Waals surface area contributed by atoms with Crippen LogP contribution < -0.4 is 10.1 Å². The van der Waals surface area contributed by atoms with Crippen LogP contribution in [0.4, 0.5) is 0 Å². The fourth-order valence-electron chi connectivity index (χ4n) is 1.18. The SMILES string of the molecule is C#CCNCC(C)Oc1ccc(Br)cc1Cl. The predicted octanol–water partition coefficient (Wildman–Crippen LogP) is 3.09. The molecule has 0 fully saturated rings. The van der Waals surface area contributed by atoms with E-state index in [0.29, 0.717) is 23.9 Å². The molecule has 0 spiro atoms. The van der Waals surface area contributed by atoms with E-state index < -0.39 is 0 Å². The minimum absolute atomic E-state index is 0.0204. The van der Waals surface area contributed by atoms with Gasteiger partial charge >= 0.3 is 0 Å². The van der Waals surface area contributed by atoms with Crippen molar-refractivity contribution in [3.63, 3.8) is 0 Å². The number of rotatable bonds is 5. The number of nitrogens with one attached hydrogen (secondary N) is 1. The molecule has 1 rings (SSSR count). The molecule has 4 heteroatoms. The maximum absolute atomic E-state index is 6.03. The molecular formula is C12H13BrClNO. The second kappa shape index (κ2) is 6.80. The zero-order valence-corrected chi connectivity index (χ0v) is 11.3. The minimum Gasteiger partial charge on any atom is -0.488 e. The fraction of sp³-hybridized carbons (Fsp3) is 0.333. The summed E-state index contributed by atoms with van der Waals surface area (Å²) < 4.78 is 6.60. The number of terminal acetylenes is 1. The van der Waals surface area contributed by atoms with Crippen molar-refractivity contribution in [1.29, 1.82) is 0 Å². The Balaban J connectivity index is 2.50. The summed E-state index contributed by atoms with van der Waals surface area (Å²) in [5.74, 6) is 3.19. The molecular weight excluding hydrogens is 289 g/mol. The van der Waals surface area contributed by atoms with E-state index in [1.54, 1.807) is 6.07 Å². The van der Waals surface area contributed by atoms with E-state index in [4.69, 9.17) is 22.8 Å². The summed E-state index contributed by atoms with van der Waals surface area (Å²) in [6, 6.07) is 5.53. The van der Waals surface area contributed by atoms with Gasteiger partial charge < -0.3 is 10.1 Å². The molecule has 86 valence electrons. The summed E-state index contributed by atoms with van der Waals surface area (Å²) in [6.07, 6.45) is 5.15. The monoisotopic (exact) mass is 301 g/mol. The van der Waals surface area contributed by atoms with Gasteiger partial charge in [0.25, 0.3) is 0 Å². The van der Waals surface area contributed by atoms with Gasteiger partial charge in [0.05, 0.1) is 11.6 Å². The maximum Gasteiger partial charge on any atom is 0.138 e. The van der Waals surface area contributed by atoms with E-state index >= 15 is 0 Å². The Kier molecular flexibility index (Phi) is 5.68. The second-order valence-electron chi connectivity index (χ2n) is 3.34. The molecule has 1 aromatic rings. The first-order valence-electron chi connectivity index (χ1n) is 4.89. The first-order chi connectivity index (χ1) is 7.63. The average molecular weight is 303 g/mol. The van der Waals surface area contributed by atoms with Crippen molar-refractivity contribution < 1.29 is 4.74 Å². The Morgan fingerprint density at radius 3 is 3.00 bits per heavy atom. The van der Waals surface area contributed by atoms with Crippen molar-refractivity contribution in [3.8, 4) is 18.1 Å². The summed E-state index contributed by atoms with van der Waals surface area (Å²) >= 11 is 9.37. The predicted molar refractivity (Wildman–Crippen MR) is 70.9 cm³/mol. The van der Waals surface area contributed by atoms with Crippen LogP contribution in [0.2, 0.25) is 5.02 Å². The van der Waals surface area contributed by atoms with E-state index in [-0.39, 0.29) is 6.10 Å². The molecule has 1 N–H and O–H groups in total. The van der Waals surface area contributed by atoms with Gasteiger partial charge in [-0.25, -0.2) is 0 Å². The number of hydrogen-bond acceptors (Lipinski definition) is 2. The normalized spacial score (nSPS) is 11.9. The standard InChI is InChI=1S/C12H13BrClNO/c1-3-6-15-8-9(2)16-12-5-4-10(13)7-11(12)14/h1,4-5,7,9,15H,6,8H2,2H3. The molecule has 0 heterocycles. The average Bonchev–Trinajstić information content (AvgIpc) is 2.23. The third-order valence-corrected chi connectivity index (χ3v) is 2.67. The van der Waals surface area contributed by atoms with E-state index in [1.165, 1.54) is 0 Å². The van der Waals surface area contributed by atoms with Crippen LogP contribution in [0.3, 0.4) is 0 Å². The summed E-state index contributed by atoms with van der Waals surface area (Å²) in [5, 5.41) is 3.67. The third kappa shape index (κ3) is 4.44. The zero-order chi connectivity index (χ0) is 12.0. The quantitative estimate of drug-likeness (QED) is 0.666. The Labute approximate surface area is 109 Å². The second-order valence-corrected chi connectivity index (χ2v) is 4.66. The molecule has 1 unspecified atom stereocenters. The largest absolute Gasteiger partial charge is 0.488 e. The smallest absolute Gasteiger partial charge is 0.138 e. The molecule has 0 aliphatic rings. The maximum atomic E-state index is 6.03. The highest BCUT2D eigenvalue weighted by molar-refractivity contribution is 9.10. The first-order valence-corrected chi connectivity index (χ1v) is 6.06. The van der Waals surface area contributed by atoms with Gasteiger partial charge in [0.2, 0.25) is 0 Å². The van der Waals surface area contributed by atoms with E-state index in [1.807, 2.05) is 19.1 Å². The van der Waals surface area contributed by atoms with Crippen LogP contribution in [0.25, 0.3) is 0 Å². The lowest BCUT2D eigenvalue weighted by Gasteiger charge is -2.15. The highest BCUT2D eigenvalue weighted by Gasteiger charge is 2.07. The van der Waals surface area contributed by atoms with Gasteiger partial charge in [-0.2, -0.15) is 0 Å². The van der Waals surface area contributed by atoms with Crippen molar-refractivity contribution in [2.24, 2.45) is 0 Å². The first kappa shape index (κ1) is 13.4. The van der Waals surface area contributed by atoms with Gasteiger partial charge in [-0.15, -0.1) is 6.42 Å². The van der Waals surface area contributed by atoms with E-state index in [2.05, 4.69) is 27.2 Å². The Bertz CT molecular complexity index is 389. The molecule has 0 aliphatic heterocycles. The van der Waals surface area contributed by atoms with Crippen molar-refractivity contribution >= 4 is 27.5 Å². The lowest BCUT2D eigenvalue weighted by Crippen LogP contribution is -2.29. The highest BCUT2D eigenvalue weighted by atomic mass is 79.9. The zero-order valence-electron chi connectivity index (χ0n) is 8.97. The van der Waals surface area contributed by atoms with E-state index in [9.17, 15) is 0 Å². The van der Waals surface area contributed by atoms with Gasteiger partial charge in [-0.1, -0.05) is 33.5 Å². The van der Waals surface area contributed by atoms with Crippen LogP contribution in [0.5, 0.6) is 5.75 Å². The molecule has 1 aromatic carbocycles. The summed E-state index contributed by atoms with van der Waals surface area (Å²) in [6.45, 7) is 3.19. The lowest BCUT2D eigenvalue weighted by molar-refractivity contribution is 0.219. The Morgan fingerprint density at radius 2 is 2.38 bits per heavy atom. The summed E-state index contributed by atoms with van der Waals surface area (Å²) in [5.41, 5.74) is 0. The van der Waals surface area contributed by atoms with Crippen LogP contribution in [-0.2, 0) is 0 Å². The topological polar surface area (TPSA) is 21.3 Å². The third-order valence-electron chi connectivity index (χ3n) is 1.88. The molecule has 0 saturated heterocycles. The molecule has 0 saturated carbocycles. The number of ether oxygens (including phenoxy) is 1. The van der Waals surface area contributed by atoms with Crippen LogP contribution in [-0.4, -0.2) is 19.2 Å². The van der Waals surface area contributed by atoms with Crippen LogP contribution in [0, 0.1) is 12.3 Å². The van der Waals surface area contributed by atoms with Crippen LogP contribution in [0.15, 0.2) is 22.7 Å². The van der Waals surface area contributed by atoms with Crippen molar-refractivity contribution in [3.05, 3.63) is 27.7 Å². The Hall–Kier alpha value is -0.690. The van der Waals surface area contributed by atoms with Crippen LogP contribution >= 0.6 is 27.5 Å². The van der Waals surface area contributed by atoms with Gasteiger partial charge in [0.1, 0.15) is 11.9 Å². The van der Waals surface area contributed by atoms with Gasteiger partial charge in [0, 0.05) is 11.0 Å². The van der Waals surface area contributed by atoms with Crippen molar-refractivity contribution in [2.45, 2.75) is 13.0 Å². The molecule has 0 bridgehead atoms. The van der Waals surface area contributed by atoms with E-state index in [0.717, 1.165) is 4.47 Å². The van der Waals surface area contributed by atoms with Gasteiger partial charge in [0.15, 0.2) is 0 Å². The number of halogens is 2. The van der Waals surface area contributed by atoms with Gasteiger partial charge in [-0.05, 0) is 25.1 Å². The molecule has 0 amide bonds. The van der Waals surface area contributed by atoms with Crippen LogP contribution in [0.1, 0.15) is 6.92 Å². The highest BCUT2D eigenvalue weighted by Crippen LogP contribution is 2.28. The molecule has 1 atom stereocenters. The molecule has 16 heavy (non-hydrogen) atoms. The molecule has 0 aliphatic carbocycles. The molecule has 0 aromatic heterocycles. The Morgan fingerprint density at radius 1 is 1.62 bits per heavy atom.